The summed E-state index contributed by atoms with van der Waals surface area (Å²) in [5, 5.41) is 32.0. The molecule has 0 saturated heterocycles. The maximum Gasteiger partial charge on any atom is 0.135 e. The number of aromatic nitrogens is 1. The Bertz CT molecular complexity index is 1030. The van der Waals surface area contributed by atoms with Gasteiger partial charge in [0.1, 0.15) is 16.6 Å². The Morgan fingerprint density at radius 2 is 1.86 bits per heavy atom. The van der Waals surface area contributed by atoms with E-state index in [1.165, 1.54) is 16.9 Å². The van der Waals surface area contributed by atoms with Crippen molar-refractivity contribution in [1.82, 2.24) is 9.88 Å². The van der Waals surface area contributed by atoms with Crippen molar-refractivity contribution in [1.29, 1.82) is 5.41 Å². The molecule has 2 aromatic carbocycles. The van der Waals surface area contributed by atoms with Crippen LogP contribution in [-0.4, -0.2) is 39.0 Å². The number of aliphatic hydroxyl groups is 2. The number of amidine groups is 1. The normalized spacial score (nSPS) is 15.4. The first-order valence-corrected chi connectivity index (χ1v) is 9.93. The molecule has 0 saturated carbocycles. The molecule has 3 N–H and O–H groups in total. The van der Waals surface area contributed by atoms with Gasteiger partial charge < -0.3 is 15.1 Å². The van der Waals surface area contributed by atoms with Crippen LogP contribution in [0.4, 0.5) is 0 Å². The van der Waals surface area contributed by atoms with E-state index in [1.807, 2.05) is 66.9 Å². The summed E-state index contributed by atoms with van der Waals surface area (Å²) in [6.45, 7) is 2.49. The fraction of sp³-hybridized carbons (Fsp3) is 0.182. The summed E-state index contributed by atoms with van der Waals surface area (Å²) in [5.41, 5.74) is 4.26. The van der Waals surface area contributed by atoms with Gasteiger partial charge in [0.05, 0.1) is 30.5 Å². The SMILES string of the molecule is Cc1ccc(-c2csc(C3=C(O)CN(C[C@@H](O)c4ccccc4)C3=N)n2)cc1. The zero-order valence-electron chi connectivity index (χ0n) is 15.5. The average Bonchev–Trinajstić information content (AvgIpc) is 3.28. The highest BCUT2D eigenvalue weighted by Crippen LogP contribution is 2.33. The topological polar surface area (TPSA) is 80.4 Å². The number of aliphatic hydroxyl groups excluding tert-OH is 2. The van der Waals surface area contributed by atoms with Crippen LogP contribution in [0.2, 0.25) is 0 Å². The number of rotatable bonds is 5. The van der Waals surface area contributed by atoms with Gasteiger partial charge >= 0.3 is 0 Å². The first-order valence-electron chi connectivity index (χ1n) is 9.05. The van der Waals surface area contributed by atoms with Gasteiger partial charge in [0, 0.05) is 10.9 Å². The second kappa shape index (κ2) is 7.58. The van der Waals surface area contributed by atoms with Crippen LogP contribution in [0.25, 0.3) is 16.8 Å². The summed E-state index contributed by atoms with van der Waals surface area (Å²) < 4.78 is 0. The summed E-state index contributed by atoms with van der Waals surface area (Å²) in [4.78, 5) is 6.31. The first kappa shape index (κ1) is 18.4. The minimum Gasteiger partial charge on any atom is -0.510 e. The van der Waals surface area contributed by atoms with E-state index in [1.54, 1.807) is 4.90 Å². The van der Waals surface area contributed by atoms with Crippen LogP contribution in [0.15, 0.2) is 65.7 Å². The lowest BCUT2D eigenvalue weighted by Crippen LogP contribution is -2.31. The molecule has 0 bridgehead atoms. The molecule has 1 aromatic heterocycles. The molecule has 4 rings (SSSR count). The highest BCUT2D eigenvalue weighted by molar-refractivity contribution is 7.11. The van der Waals surface area contributed by atoms with Crippen molar-refractivity contribution >= 4 is 22.7 Å². The van der Waals surface area contributed by atoms with Crippen LogP contribution < -0.4 is 0 Å². The van der Waals surface area contributed by atoms with Crippen LogP contribution >= 0.6 is 11.3 Å². The van der Waals surface area contributed by atoms with Gasteiger partial charge in [-0.3, -0.25) is 5.41 Å². The molecule has 142 valence electrons. The predicted octanol–water partition coefficient (Wildman–Crippen LogP) is 4.41. The van der Waals surface area contributed by atoms with Crippen LogP contribution in [0.3, 0.4) is 0 Å². The maximum atomic E-state index is 10.5. The van der Waals surface area contributed by atoms with Crippen molar-refractivity contribution in [2.45, 2.75) is 13.0 Å². The standard InChI is InChI=1S/C22H21N3O2S/c1-14-7-9-15(10-8-14)17-13-28-22(24-17)20-19(27)12-25(21(20)23)11-18(26)16-5-3-2-4-6-16/h2-10,13,18,23,26-27H,11-12H2,1H3/t18-/m1/s1. The molecule has 0 fully saturated rings. The van der Waals surface area contributed by atoms with Crippen LogP contribution in [0.5, 0.6) is 0 Å². The zero-order chi connectivity index (χ0) is 19.7. The van der Waals surface area contributed by atoms with E-state index in [4.69, 9.17) is 5.41 Å². The van der Waals surface area contributed by atoms with Crippen molar-refractivity contribution in [3.05, 3.63) is 81.9 Å². The number of thiazole rings is 1. The van der Waals surface area contributed by atoms with Gasteiger partial charge in [0.25, 0.3) is 0 Å². The van der Waals surface area contributed by atoms with Gasteiger partial charge in [-0.1, -0.05) is 60.2 Å². The summed E-state index contributed by atoms with van der Waals surface area (Å²) in [6.07, 6.45) is -0.729. The van der Waals surface area contributed by atoms with Crippen molar-refractivity contribution in [2.24, 2.45) is 0 Å². The van der Waals surface area contributed by atoms with E-state index in [0.29, 0.717) is 10.6 Å². The maximum absolute atomic E-state index is 10.5. The minimum absolute atomic E-state index is 0.120. The molecule has 1 atom stereocenters. The summed E-state index contributed by atoms with van der Waals surface area (Å²) in [7, 11) is 0. The van der Waals surface area contributed by atoms with Crippen molar-refractivity contribution in [3.63, 3.8) is 0 Å². The second-order valence-corrected chi connectivity index (χ2v) is 7.74. The highest BCUT2D eigenvalue weighted by atomic mass is 32.1. The molecule has 0 spiro atoms. The quantitative estimate of drug-likeness (QED) is 0.602. The molecule has 1 aliphatic heterocycles. The minimum atomic E-state index is -0.729. The fourth-order valence-corrected chi connectivity index (χ4v) is 4.14. The Morgan fingerprint density at radius 3 is 2.57 bits per heavy atom. The molecular formula is C22H21N3O2S. The second-order valence-electron chi connectivity index (χ2n) is 6.88. The monoisotopic (exact) mass is 391 g/mol. The number of benzene rings is 2. The van der Waals surface area contributed by atoms with Gasteiger partial charge in [-0.25, -0.2) is 4.98 Å². The highest BCUT2D eigenvalue weighted by Gasteiger charge is 2.31. The molecule has 0 amide bonds. The Morgan fingerprint density at radius 1 is 1.14 bits per heavy atom. The molecule has 6 heteroatoms. The molecule has 0 radical (unpaired) electrons. The molecule has 0 unspecified atom stereocenters. The molecule has 28 heavy (non-hydrogen) atoms. The lowest BCUT2D eigenvalue weighted by molar-refractivity contribution is 0.145. The Kier molecular flexibility index (Phi) is 4.98. The summed E-state index contributed by atoms with van der Waals surface area (Å²) in [6, 6.07) is 17.5. The smallest absolute Gasteiger partial charge is 0.135 e. The summed E-state index contributed by atoms with van der Waals surface area (Å²) >= 11 is 1.41. The number of β-amino-alcohol motifs (C(OH)–C–C–N with tert-alkyl or cyclic N) is 1. The molecule has 0 aliphatic carbocycles. The number of nitrogens with zero attached hydrogens (tertiary/aromatic N) is 2. The van der Waals surface area contributed by atoms with Gasteiger partial charge in [0.2, 0.25) is 0 Å². The zero-order valence-corrected chi connectivity index (χ0v) is 16.3. The Hall–Kier alpha value is -2.96. The van der Waals surface area contributed by atoms with Crippen molar-refractivity contribution in [2.75, 3.05) is 13.1 Å². The van der Waals surface area contributed by atoms with Crippen LogP contribution in [0.1, 0.15) is 22.2 Å². The van der Waals surface area contributed by atoms with Gasteiger partial charge in [-0.2, -0.15) is 0 Å². The largest absolute Gasteiger partial charge is 0.510 e. The van der Waals surface area contributed by atoms with Crippen molar-refractivity contribution in [3.8, 4) is 11.3 Å². The van der Waals surface area contributed by atoms with Gasteiger partial charge in [-0.15, -0.1) is 11.3 Å². The fourth-order valence-electron chi connectivity index (χ4n) is 3.25. The number of nitrogens with one attached hydrogen (secondary N) is 1. The number of hydrogen-bond acceptors (Lipinski definition) is 5. The van der Waals surface area contributed by atoms with E-state index >= 15 is 0 Å². The first-order chi connectivity index (χ1) is 13.5. The molecule has 5 nitrogen and oxygen atoms in total. The molecule has 3 aromatic rings. The van der Waals surface area contributed by atoms with E-state index < -0.39 is 6.10 Å². The van der Waals surface area contributed by atoms with E-state index in [0.717, 1.165) is 16.8 Å². The van der Waals surface area contributed by atoms with Crippen molar-refractivity contribution < 1.29 is 10.2 Å². The molecule has 2 heterocycles. The van der Waals surface area contributed by atoms with Gasteiger partial charge in [-0.05, 0) is 12.5 Å². The third-order valence-corrected chi connectivity index (χ3v) is 5.69. The number of hydrogen-bond donors (Lipinski definition) is 3. The van der Waals surface area contributed by atoms with Crippen LogP contribution in [0, 0.1) is 12.3 Å². The molecular weight excluding hydrogens is 370 g/mol. The Labute approximate surface area is 167 Å². The van der Waals surface area contributed by atoms with E-state index in [2.05, 4.69) is 4.98 Å². The molecule has 1 aliphatic rings. The van der Waals surface area contributed by atoms with Crippen LogP contribution in [-0.2, 0) is 0 Å². The van der Waals surface area contributed by atoms with E-state index in [9.17, 15) is 10.2 Å². The third kappa shape index (κ3) is 3.56. The third-order valence-electron chi connectivity index (χ3n) is 4.83. The summed E-state index contributed by atoms with van der Waals surface area (Å²) in [5.74, 6) is 0.312. The van der Waals surface area contributed by atoms with Gasteiger partial charge in [0.15, 0.2) is 0 Å². The lowest BCUT2D eigenvalue weighted by Gasteiger charge is -2.22. The Balaban J connectivity index is 1.52. The average molecular weight is 391 g/mol. The lowest BCUT2D eigenvalue weighted by atomic mass is 10.1. The predicted molar refractivity (Wildman–Crippen MR) is 113 cm³/mol. The number of aryl methyl sites for hydroxylation is 1. The van der Waals surface area contributed by atoms with E-state index in [-0.39, 0.29) is 24.7 Å².